The second kappa shape index (κ2) is 9.10. The Bertz CT molecular complexity index is 449. The van der Waals surface area contributed by atoms with Gasteiger partial charge in [-0.05, 0) is 44.4 Å². The van der Waals surface area contributed by atoms with Gasteiger partial charge in [0, 0.05) is 12.6 Å². The fourth-order valence-corrected chi connectivity index (χ4v) is 1.84. The zero-order chi connectivity index (χ0) is 15.7. The largest absolute Gasteiger partial charge is 0.493 e. The van der Waals surface area contributed by atoms with E-state index in [-0.39, 0.29) is 12.1 Å². The van der Waals surface area contributed by atoms with Gasteiger partial charge in [-0.3, -0.25) is 0 Å². The lowest BCUT2D eigenvalue weighted by molar-refractivity contribution is 0.237. The van der Waals surface area contributed by atoms with Crippen molar-refractivity contribution in [1.29, 1.82) is 0 Å². The number of amides is 2. The van der Waals surface area contributed by atoms with Crippen LogP contribution in [0.15, 0.2) is 18.2 Å². The molecule has 0 heterocycles. The highest BCUT2D eigenvalue weighted by Crippen LogP contribution is 2.28. The number of hydrogen-bond acceptors (Lipinski definition) is 3. The van der Waals surface area contributed by atoms with Gasteiger partial charge in [0.25, 0.3) is 0 Å². The van der Waals surface area contributed by atoms with Gasteiger partial charge in [-0.2, -0.15) is 0 Å². The summed E-state index contributed by atoms with van der Waals surface area (Å²) >= 11 is 0. The molecule has 0 aliphatic carbocycles. The van der Waals surface area contributed by atoms with Crippen molar-refractivity contribution in [3.8, 4) is 11.5 Å². The van der Waals surface area contributed by atoms with Gasteiger partial charge in [0.15, 0.2) is 11.5 Å². The summed E-state index contributed by atoms with van der Waals surface area (Å²) in [5.74, 6) is 1.46. The molecule has 118 valence electrons. The number of benzene rings is 1. The van der Waals surface area contributed by atoms with Crippen LogP contribution in [0, 0.1) is 0 Å². The fourth-order valence-electron chi connectivity index (χ4n) is 1.84. The molecule has 0 aliphatic heterocycles. The molecule has 5 heteroatoms. The summed E-state index contributed by atoms with van der Waals surface area (Å²) in [5.41, 5.74) is 1.10. The van der Waals surface area contributed by atoms with E-state index in [0.29, 0.717) is 13.2 Å². The van der Waals surface area contributed by atoms with Gasteiger partial charge in [-0.1, -0.05) is 13.0 Å². The van der Waals surface area contributed by atoms with Crippen molar-refractivity contribution in [3.63, 3.8) is 0 Å². The summed E-state index contributed by atoms with van der Waals surface area (Å²) < 4.78 is 10.8. The van der Waals surface area contributed by atoms with Crippen LogP contribution in [0.3, 0.4) is 0 Å². The topological polar surface area (TPSA) is 59.6 Å². The fraction of sp³-hybridized carbons (Fsp3) is 0.562. The normalized spacial score (nSPS) is 11.6. The smallest absolute Gasteiger partial charge is 0.315 e. The summed E-state index contributed by atoms with van der Waals surface area (Å²) in [6.45, 7) is 7.15. The van der Waals surface area contributed by atoms with E-state index >= 15 is 0 Å². The zero-order valence-electron chi connectivity index (χ0n) is 13.4. The molecule has 2 N–H and O–H groups in total. The average Bonchev–Trinajstić information content (AvgIpc) is 2.48. The molecule has 0 fully saturated rings. The lowest BCUT2D eigenvalue weighted by Gasteiger charge is -2.13. The Morgan fingerprint density at radius 1 is 1.29 bits per heavy atom. The number of nitrogens with one attached hydrogen (secondary N) is 2. The average molecular weight is 294 g/mol. The van der Waals surface area contributed by atoms with E-state index in [9.17, 15) is 4.79 Å². The minimum atomic E-state index is -0.123. The van der Waals surface area contributed by atoms with Crippen molar-refractivity contribution in [2.75, 3.05) is 20.3 Å². The monoisotopic (exact) mass is 294 g/mol. The third kappa shape index (κ3) is 5.94. The first-order valence-corrected chi connectivity index (χ1v) is 7.44. The van der Waals surface area contributed by atoms with Crippen LogP contribution in [0.4, 0.5) is 4.79 Å². The van der Waals surface area contributed by atoms with E-state index in [4.69, 9.17) is 9.47 Å². The van der Waals surface area contributed by atoms with E-state index in [1.54, 1.807) is 7.11 Å². The van der Waals surface area contributed by atoms with Crippen molar-refractivity contribution in [2.45, 2.75) is 39.7 Å². The maximum absolute atomic E-state index is 11.6. The number of rotatable bonds is 8. The van der Waals surface area contributed by atoms with Gasteiger partial charge in [-0.15, -0.1) is 0 Å². The minimum absolute atomic E-state index is 0.123. The van der Waals surface area contributed by atoms with Crippen LogP contribution in [-0.2, 0) is 6.42 Å². The molecule has 5 nitrogen and oxygen atoms in total. The number of ether oxygens (including phenoxy) is 2. The van der Waals surface area contributed by atoms with E-state index in [1.165, 1.54) is 0 Å². The molecular formula is C16H26N2O3. The molecule has 0 aromatic heterocycles. The van der Waals surface area contributed by atoms with Crippen molar-refractivity contribution < 1.29 is 14.3 Å². The lowest BCUT2D eigenvalue weighted by Crippen LogP contribution is -2.41. The summed E-state index contributed by atoms with van der Waals surface area (Å²) in [7, 11) is 1.62. The van der Waals surface area contributed by atoms with Crippen LogP contribution in [-0.4, -0.2) is 32.3 Å². The first-order chi connectivity index (χ1) is 10.1. The van der Waals surface area contributed by atoms with Crippen molar-refractivity contribution in [3.05, 3.63) is 23.8 Å². The molecule has 1 atom stereocenters. The predicted molar refractivity (Wildman–Crippen MR) is 84.2 cm³/mol. The van der Waals surface area contributed by atoms with Crippen LogP contribution >= 0.6 is 0 Å². The van der Waals surface area contributed by atoms with E-state index in [2.05, 4.69) is 10.6 Å². The Morgan fingerprint density at radius 2 is 2.05 bits per heavy atom. The first kappa shape index (κ1) is 17.1. The van der Waals surface area contributed by atoms with Crippen LogP contribution in [0.25, 0.3) is 0 Å². The van der Waals surface area contributed by atoms with Gasteiger partial charge < -0.3 is 20.1 Å². The Balaban J connectivity index is 2.47. The highest BCUT2D eigenvalue weighted by molar-refractivity contribution is 5.74. The zero-order valence-corrected chi connectivity index (χ0v) is 13.4. The Kier molecular flexibility index (Phi) is 7.43. The number of urea groups is 1. The van der Waals surface area contributed by atoms with Gasteiger partial charge in [0.1, 0.15) is 0 Å². The first-order valence-electron chi connectivity index (χ1n) is 7.44. The summed E-state index contributed by atoms with van der Waals surface area (Å²) in [6, 6.07) is 5.90. The number of carbonyl (C=O) groups is 1. The lowest BCUT2D eigenvalue weighted by atomic mass is 10.1. The molecule has 1 aromatic rings. The second-order valence-corrected chi connectivity index (χ2v) is 4.88. The van der Waals surface area contributed by atoms with Gasteiger partial charge in [-0.25, -0.2) is 4.79 Å². The molecule has 0 spiro atoms. The van der Waals surface area contributed by atoms with Crippen LogP contribution in [0.2, 0.25) is 0 Å². The van der Waals surface area contributed by atoms with E-state index in [0.717, 1.165) is 29.9 Å². The predicted octanol–water partition coefficient (Wildman–Crippen LogP) is 2.73. The quantitative estimate of drug-likeness (QED) is 0.775. The summed E-state index contributed by atoms with van der Waals surface area (Å²) in [6.07, 6.45) is 1.67. The molecule has 0 bridgehead atoms. The number of carbonyl (C=O) groups excluding carboxylic acids is 1. The molecule has 1 aromatic carbocycles. The van der Waals surface area contributed by atoms with E-state index < -0.39 is 0 Å². The molecule has 0 radical (unpaired) electrons. The van der Waals surface area contributed by atoms with Crippen molar-refractivity contribution in [1.82, 2.24) is 10.6 Å². The summed E-state index contributed by atoms with van der Waals surface area (Å²) in [5, 5.41) is 5.72. The number of hydrogen-bond donors (Lipinski definition) is 2. The maximum atomic E-state index is 11.6. The molecule has 1 unspecified atom stereocenters. The molecule has 21 heavy (non-hydrogen) atoms. The van der Waals surface area contributed by atoms with Crippen molar-refractivity contribution >= 4 is 6.03 Å². The van der Waals surface area contributed by atoms with E-state index in [1.807, 2.05) is 39.0 Å². The third-order valence-electron chi connectivity index (χ3n) is 3.22. The second-order valence-electron chi connectivity index (χ2n) is 4.88. The Hall–Kier alpha value is -1.91. The van der Waals surface area contributed by atoms with Crippen LogP contribution < -0.4 is 20.1 Å². The van der Waals surface area contributed by atoms with Gasteiger partial charge in [0.2, 0.25) is 0 Å². The van der Waals surface area contributed by atoms with Gasteiger partial charge >= 0.3 is 6.03 Å². The van der Waals surface area contributed by atoms with Crippen LogP contribution in [0.1, 0.15) is 32.8 Å². The molecular weight excluding hydrogens is 268 g/mol. The molecule has 2 amide bonds. The number of methoxy groups -OCH3 is 1. The molecule has 0 aliphatic rings. The highest BCUT2D eigenvalue weighted by Gasteiger charge is 2.07. The Morgan fingerprint density at radius 3 is 2.67 bits per heavy atom. The molecule has 0 saturated carbocycles. The SMILES string of the molecule is CCOc1ccc(CCNC(=O)NC(C)CC)cc1OC. The van der Waals surface area contributed by atoms with Crippen molar-refractivity contribution in [2.24, 2.45) is 0 Å². The maximum Gasteiger partial charge on any atom is 0.315 e. The van der Waals surface area contributed by atoms with Crippen LogP contribution in [0.5, 0.6) is 11.5 Å². The summed E-state index contributed by atoms with van der Waals surface area (Å²) in [4.78, 5) is 11.6. The minimum Gasteiger partial charge on any atom is -0.493 e. The molecule has 0 saturated heterocycles. The van der Waals surface area contributed by atoms with Gasteiger partial charge in [0.05, 0.1) is 13.7 Å². The highest BCUT2D eigenvalue weighted by atomic mass is 16.5. The standard InChI is InChI=1S/C16H26N2O3/c1-5-12(3)18-16(19)17-10-9-13-7-8-14(21-6-2)15(11-13)20-4/h7-8,11-12H,5-6,9-10H2,1-4H3,(H2,17,18,19). The molecule has 1 rings (SSSR count). The third-order valence-corrected chi connectivity index (χ3v) is 3.22. The Labute approximate surface area is 127 Å².